The topological polar surface area (TPSA) is 67.6 Å². The number of benzene rings is 2. The molecule has 0 aliphatic carbocycles. The lowest BCUT2D eigenvalue weighted by Crippen LogP contribution is -2.35. The number of hydrogen-bond donors (Lipinski definition) is 1. The molecular weight excluding hydrogens is 507 g/mol. The molecule has 1 aliphatic rings. The third kappa shape index (κ3) is 5.18. The van der Waals surface area contributed by atoms with Crippen LogP contribution in [0, 0.1) is 5.82 Å². The zero-order valence-corrected chi connectivity index (χ0v) is 21.8. The molecule has 1 fully saturated rings. The molecule has 4 heterocycles. The van der Waals surface area contributed by atoms with Crippen LogP contribution in [-0.2, 0) is 0 Å². The normalized spacial score (nSPS) is 14.8. The van der Waals surface area contributed by atoms with Gasteiger partial charge in [-0.15, -0.1) is 11.3 Å². The number of aromatic nitrogens is 4. The predicted molar refractivity (Wildman–Crippen MR) is 147 cm³/mol. The van der Waals surface area contributed by atoms with E-state index in [0.717, 1.165) is 64.2 Å². The molecular formula is C27H25FN6OS2. The van der Waals surface area contributed by atoms with Crippen molar-refractivity contribution in [2.75, 3.05) is 25.5 Å². The first-order valence-electron chi connectivity index (χ1n) is 12.0. The molecule has 10 heteroatoms. The number of nitrogens with one attached hydrogen (secondary N) is 1. The maximum absolute atomic E-state index is 13.2. The van der Waals surface area contributed by atoms with E-state index in [4.69, 9.17) is 14.7 Å². The molecule has 5 aromatic rings. The molecule has 1 N–H and O–H groups in total. The summed E-state index contributed by atoms with van der Waals surface area (Å²) in [6, 6.07) is 16.8. The second-order valence-corrected chi connectivity index (χ2v) is 10.8. The largest absolute Gasteiger partial charge is 0.497 e. The third-order valence-electron chi connectivity index (χ3n) is 6.34. The number of halogens is 1. The van der Waals surface area contributed by atoms with E-state index in [0.29, 0.717) is 5.95 Å². The van der Waals surface area contributed by atoms with Gasteiger partial charge in [0.1, 0.15) is 17.3 Å². The van der Waals surface area contributed by atoms with Gasteiger partial charge in [-0.3, -0.25) is 4.40 Å². The van der Waals surface area contributed by atoms with Gasteiger partial charge in [0.2, 0.25) is 5.95 Å². The molecule has 0 unspecified atom stereocenters. The summed E-state index contributed by atoms with van der Waals surface area (Å²) in [5.41, 5.74) is 3.58. The van der Waals surface area contributed by atoms with Gasteiger partial charge in [0.25, 0.3) is 0 Å². The lowest BCUT2D eigenvalue weighted by atomic mass is 10.1. The van der Waals surface area contributed by atoms with Gasteiger partial charge in [-0.1, -0.05) is 12.1 Å². The van der Waals surface area contributed by atoms with Crippen molar-refractivity contribution in [3.8, 4) is 28.4 Å². The van der Waals surface area contributed by atoms with Crippen molar-refractivity contribution >= 4 is 34.2 Å². The van der Waals surface area contributed by atoms with Crippen LogP contribution in [0.25, 0.3) is 27.6 Å². The van der Waals surface area contributed by atoms with Crippen molar-refractivity contribution in [2.45, 2.75) is 23.8 Å². The average Bonchev–Trinajstić information content (AvgIpc) is 3.53. The van der Waals surface area contributed by atoms with E-state index >= 15 is 0 Å². The molecule has 3 aromatic heterocycles. The van der Waals surface area contributed by atoms with Crippen LogP contribution in [0.5, 0.6) is 5.75 Å². The molecule has 0 spiro atoms. The van der Waals surface area contributed by atoms with Crippen molar-refractivity contribution in [1.29, 1.82) is 0 Å². The zero-order valence-electron chi connectivity index (χ0n) is 20.2. The van der Waals surface area contributed by atoms with E-state index in [9.17, 15) is 4.39 Å². The average molecular weight is 533 g/mol. The smallest absolute Gasteiger partial charge is 0.223 e. The summed E-state index contributed by atoms with van der Waals surface area (Å²) in [6.07, 6.45) is 5.76. The maximum atomic E-state index is 13.2. The number of thiazole rings is 1. The fourth-order valence-corrected chi connectivity index (χ4v) is 6.14. The van der Waals surface area contributed by atoms with Crippen molar-refractivity contribution in [3.63, 3.8) is 0 Å². The van der Waals surface area contributed by atoms with Gasteiger partial charge >= 0.3 is 0 Å². The SMILES string of the molecule is COc1cccc(-c2nc3sccn3c2-c2ccnc(NC3CCN(Sc4ccc(F)cc4)CC3)n2)c1. The van der Waals surface area contributed by atoms with Crippen LogP contribution < -0.4 is 10.1 Å². The van der Waals surface area contributed by atoms with E-state index < -0.39 is 0 Å². The Morgan fingerprint density at radius 1 is 1.08 bits per heavy atom. The molecule has 0 atom stereocenters. The number of anilines is 1. The van der Waals surface area contributed by atoms with Crippen molar-refractivity contribution in [3.05, 3.63) is 78.2 Å². The Morgan fingerprint density at radius 3 is 2.73 bits per heavy atom. The van der Waals surface area contributed by atoms with Crippen LogP contribution in [0.4, 0.5) is 10.3 Å². The first-order chi connectivity index (χ1) is 18.2. The third-order valence-corrected chi connectivity index (χ3v) is 8.20. The summed E-state index contributed by atoms with van der Waals surface area (Å²) in [6.45, 7) is 1.86. The van der Waals surface area contributed by atoms with Crippen LogP contribution in [0.15, 0.2) is 77.3 Å². The fraction of sp³-hybridized carbons (Fsp3) is 0.222. The maximum Gasteiger partial charge on any atom is 0.223 e. The Hall–Kier alpha value is -3.47. The lowest BCUT2D eigenvalue weighted by molar-refractivity contribution is 0.357. The zero-order chi connectivity index (χ0) is 25.2. The number of methoxy groups -OCH3 is 1. The molecule has 1 saturated heterocycles. The van der Waals surface area contributed by atoms with E-state index in [1.54, 1.807) is 36.6 Å². The Labute approximate surface area is 222 Å². The minimum Gasteiger partial charge on any atom is -0.497 e. The quantitative estimate of drug-likeness (QED) is 0.249. The number of fused-ring (bicyclic) bond motifs is 1. The predicted octanol–water partition coefficient (Wildman–Crippen LogP) is 6.25. The first-order valence-corrected chi connectivity index (χ1v) is 13.7. The minimum atomic E-state index is -0.208. The van der Waals surface area contributed by atoms with Crippen LogP contribution in [-0.4, -0.2) is 49.9 Å². The first kappa shape index (κ1) is 23.9. The van der Waals surface area contributed by atoms with Crippen LogP contribution in [0.2, 0.25) is 0 Å². The number of piperidine rings is 1. The molecule has 2 aromatic carbocycles. The molecule has 7 nitrogen and oxygen atoms in total. The van der Waals surface area contributed by atoms with E-state index in [2.05, 4.69) is 19.0 Å². The number of imidazole rings is 1. The molecule has 37 heavy (non-hydrogen) atoms. The second-order valence-electron chi connectivity index (χ2n) is 8.75. The van der Waals surface area contributed by atoms with Gasteiger partial charge in [-0.2, -0.15) is 0 Å². The number of nitrogens with zero attached hydrogens (tertiary/aromatic N) is 5. The molecule has 0 bridgehead atoms. The monoisotopic (exact) mass is 532 g/mol. The molecule has 1 aliphatic heterocycles. The minimum absolute atomic E-state index is 0.208. The van der Waals surface area contributed by atoms with Crippen molar-refractivity contribution in [2.24, 2.45) is 0 Å². The number of hydrogen-bond acceptors (Lipinski definition) is 8. The Balaban J connectivity index is 1.20. The van der Waals surface area contributed by atoms with Crippen molar-refractivity contribution in [1.82, 2.24) is 23.7 Å². The van der Waals surface area contributed by atoms with Crippen molar-refractivity contribution < 1.29 is 9.13 Å². The summed E-state index contributed by atoms with van der Waals surface area (Å²) in [5.74, 6) is 1.19. The van der Waals surface area contributed by atoms with E-state index in [1.165, 1.54) is 12.1 Å². The van der Waals surface area contributed by atoms with Gasteiger partial charge in [-0.25, -0.2) is 23.6 Å². The van der Waals surface area contributed by atoms with Crippen LogP contribution in [0.1, 0.15) is 12.8 Å². The summed E-state index contributed by atoms with van der Waals surface area (Å²) in [7, 11) is 1.67. The lowest BCUT2D eigenvalue weighted by Gasteiger charge is -2.31. The van der Waals surface area contributed by atoms with Gasteiger partial charge < -0.3 is 10.1 Å². The van der Waals surface area contributed by atoms with Gasteiger partial charge in [0, 0.05) is 47.4 Å². The second kappa shape index (κ2) is 10.5. The number of ether oxygens (including phenoxy) is 1. The fourth-order valence-electron chi connectivity index (χ4n) is 4.48. The molecule has 0 amide bonds. The van der Waals surface area contributed by atoms with E-state index in [1.807, 2.05) is 54.0 Å². The highest BCUT2D eigenvalue weighted by Crippen LogP contribution is 2.35. The highest BCUT2D eigenvalue weighted by atomic mass is 32.2. The van der Waals surface area contributed by atoms with Gasteiger partial charge in [0.05, 0.1) is 18.5 Å². The Morgan fingerprint density at radius 2 is 1.92 bits per heavy atom. The summed E-state index contributed by atoms with van der Waals surface area (Å²) >= 11 is 3.27. The summed E-state index contributed by atoms with van der Waals surface area (Å²) in [5, 5.41) is 5.57. The summed E-state index contributed by atoms with van der Waals surface area (Å²) < 4.78 is 23.0. The Bertz CT molecular complexity index is 1510. The highest BCUT2D eigenvalue weighted by molar-refractivity contribution is 7.97. The molecule has 6 rings (SSSR count). The van der Waals surface area contributed by atoms with Crippen LogP contribution in [0.3, 0.4) is 0 Å². The number of rotatable bonds is 7. The Kier molecular flexibility index (Phi) is 6.77. The molecule has 0 saturated carbocycles. The van der Waals surface area contributed by atoms with Gasteiger partial charge in [0.15, 0.2) is 4.96 Å². The summed E-state index contributed by atoms with van der Waals surface area (Å²) in [4.78, 5) is 16.3. The van der Waals surface area contributed by atoms with E-state index in [-0.39, 0.29) is 11.9 Å². The standard InChI is InChI=1S/C27H25FN6OS2/c1-35-21-4-2-3-18(17-21)24-25(34-15-16-36-27(34)32-24)23-9-12-29-26(31-23)30-20-10-13-33(14-11-20)37-22-7-5-19(28)6-8-22/h2-9,12,15-17,20H,10-11,13-14H2,1H3,(H,29,30,31). The molecule has 0 radical (unpaired) electrons. The van der Waals surface area contributed by atoms with Crippen LogP contribution >= 0.6 is 23.3 Å². The highest BCUT2D eigenvalue weighted by Gasteiger charge is 2.22. The van der Waals surface area contributed by atoms with Gasteiger partial charge in [-0.05, 0) is 67.3 Å². The molecule has 188 valence electrons.